The highest BCUT2D eigenvalue weighted by Gasteiger charge is 2.31. The largest absolute Gasteiger partial charge is 0.469 e. The summed E-state index contributed by atoms with van der Waals surface area (Å²) in [5.41, 5.74) is -0.577. The average molecular weight is 267 g/mol. The molecule has 0 saturated heterocycles. The van der Waals surface area contributed by atoms with Gasteiger partial charge in [0.15, 0.2) is 0 Å². The monoisotopic (exact) mass is 267 g/mol. The molecule has 1 amide bonds. The SMILES string of the molecule is C#CCC(C)(CC)C(=O)Nc1nnc(OCC)s1. The number of anilines is 1. The molecule has 18 heavy (non-hydrogen) atoms. The summed E-state index contributed by atoms with van der Waals surface area (Å²) in [6.45, 7) is 6.16. The fourth-order valence-corrected chi connectivity index (χ4v) is 1.93. The summed E-state index contributed by atoms with van der Waals surface area (Å²) < 4.78 is 5.19. The van der Waals surface area contributed by atoms with Crippen LogP contribution in [0.1, 0.15) is 33.6 Å². The average Bonchev–Trinajstić information content (AvgIpc) is 2.77. The predicted octanol–water partition coefficient (Wildman–Crippen LogP) is 2.31. The Labute approximate surface area is 111 Å². The Morgan fingerprint density at radius 2 is 2.28 bits per heavy atom. The maximum Gasteiger partial charge on any atom is 0.295 e. The second-order valence-electron chi connectivity index (χ2n) is 4.06. The van der Waals surface area contributed by atoms with Crippen molar-refractivity contribution in [1.82, 2.24) is 10.2 Å². The normalized spacial score (nSPS) is 13.4. The van der Waals surface area contributed by atoms with Crippen molar-refractivity contribution in [2.75, 3.05) is 11.9 Å². The lowest BCUT2D eigenvalue weighted by molar-refractivity contribution is -0.124. The van der Waals surface area contributed by atoms with Gasteiger partial charge in [-0.3, -0.25) is 10.1 Å². The molecule has 98 valence electrons. The van der Waals surface area contributed by atoms with E-state index in [0.717, 1.165) is 0 Å². The van der Waals surface area contributed by atoms with Gasteiger partial charge in [0, 0.05) is 6.42 Å². The molecule has 1 rings (SSSR count). The van der Waals surface area contributed by atoms with Crippen LogP contribution < -0.4 is 10.1 Å². The van der Waals surface area contributed by atoms with Gasteiger partial charge in [-0.2, -0.15) is 0 Å². The Bertz CT molecular complexity index is 452. The molecule has 0 aliphatic heterocycles. The van der Waals surface area contributed by atoms with Gasteiger partial charge in [0.1, 0.15) is 0 Å². The number of nitrogens with one attached hydrogen (secondary N) is 1. The summed E-state index contributed by atoms with van der Waals surface area (Å²) in [6, 6.07) is 0. The molecule has 0 saturated carbocycles. The zero-order chi connectivity index (χ0) is 13.6. The van der Waals surface area contributed by atoms with Gasteiger partial charge in [0.2, 0.25) is 11.0 Å². The number of ether oxygens (including phenoxy) is 1. The minimum Gasteiger partial charge on any atom is -0.469 e. The van der Waals surface area contributed by atoms with Crippen molar-refractivity contribution in [3.05, 3.63) is 0 Å². The second kappa shape index (κ2) is 6.36. The molecule has 0 spiro atoms. The van der Waals surface area contributed by atoms with Crippen LogP contribution in [-0.2, 0) is 4.79 Å². The molecular formula is C12H17N3O2S. The first-order valence-electron chi connectivity index (χ1n) is 5.77. The van der Waals surface area contributed by atoms with Gasteiger partial charge in [-0.05, 0) is 31.6 Å². The molecule has 0 radical (unpaired) electrons. The summed E-state index contributed by atoms with van der Waals surface area (Å²) in [4.78, 5) is 12.1. The highest BCUT2D eigenvalue weighted by Crippen LogP contribution is 2.29. The third-order valence-electron chi connectivity index (χ3n) is 2.72. The van der Waals surface area contributed by atoms with Crippen LogP contribution in [0.25, 0.3) is 0 Å². The Hall–Kier alpha value is -1.61. The molecule has 1 heterocycles. The van der Waals surface area contributed by atoms with Gasteiger partial charge in [-0.1, -0.05) is 12.0 Å². The lowest BCUT2D eigenvalue weighted by atomic mass is 9.83. The Kier molecular flexibility index (Phi) is 5.10. The maximum absolute atomic E-state index is 12.1. The number of amides is 1. The maximum atomic E-state index is 12.1. The smallest absolute Gasteiger partial charge is 0.295 e. The standard InChI is InChI=1S/C12H17N3O2S/c1-5-8-12(4,6-2)9(16)13-10-14-15-11(18-10)17-7-3/h1H,6-8H2,2-4H3,(H,13,14,16). The molecule has 1 unspecified atom stereocenters. The molecule has 6 heteroatoms. The van der Waals surface area contributed by atoms with E-state index in [-0.39, 0.29) is 5.91 Å². The highest BCUT2D eigenvalue weighted by atomic mass is 32.1. The number of terminal acetylenes is 1. The van der Waals surface area contributed by atoms with E-state index < -0.39 is 5.41 Å². The van der Waals surface area contributed by atoms with Crippen LogP contribution in [0.5, 0.6) is 5.19 Å². The van der Waals surface area contributed by atoms with Gasteiger partial charge < -0.3 is 4.74 Å². The highest BCUT2D eigenvalue weighted by molar-refractivity contribution is 7.17. The van der Waals surface area contributed by atoms with Crippen molar-refractivity contribution in [2.45, 2.75) is 33.6 Å². The summed E-state index contributed by atoms with van der Waals surface area (Å²) in [7, 11) is 0. The van der Waals surface area contributed by atoms with E-state index in [1.54, 1.807) is 0 Å². The predicted molar refractivity (Wildman–Crippen MR) is 71.6 cm³/mol. The van der Waals surface area contributed by atoms with E-state index in [1.807, 2.05) is 20.8 Å². The lowest BCUT2D eigenvalue weighted by Gasteiger charge is -2.23. The summed E-state index contributed by atoms with van der Waals surface area (Å²) >= 11 is 1.20. The first kappa shape index (κ1) is 14.5. The number of rotatable bonds is 6. The summed E-state index contributed by atoms with van der Waals surface area (Å²) in [5.74, 6) is 2.40. The fourth-order valence-electron chi connectivity index (χ4n) is 1.28. The molecule has 0 aromatic carbocycles. The number of nitrogens with zero attached hydrogens (tertiary/aromatic N) is 2. The fraction of sp³-hybridized carbons (Fsp3) is 0.583. The number of carbonyl (C=O) groups excluding carboxylic acids is 1. The molecule has 0 fully saturated rings. The van der Waals surface area contributed by atoms with Gasteiger partial charge in [-0.25, -0.2) is 0 Å². The van der Waals surface area contributed by atoms with Crippen LogP contribution >= 0.6 is 11.3 Å². The summed E-state index contributed by atoms with van der Waals surface area (Å²) in [5, 5.41) is 11.3. The van der Waals surface area contributed by atoms with Crippen molar-refractivity contribution >= 4 is 22.4 Å². The van der Waals surface area contributed by atoms with E-state index in [2.05, 4.69) is 21.4 Å². The van der Waals surface area contributed by atoms with Gasteiger partial charge in [0.05, 0.1) is 12.0 Å². The van der Waals surface area contributed by atoms with Crippen LogP contribution in [0.3, 0.4) is 0 Å². The van der Waals surface area contributed by atoms with Gasteiger partial charge in [-0.15, -0.1) is 17.4 Å². The Morgan fingerprint density at radius 3 is 2.83 bits per heavy atom. The lowest BCUT2D eigenvalue weighted by Crippen LogP contribution is -2.32. The number of aromatic nitrogens is 2. The third kappa shape index (κ3) is 3.44. The Morgan fingerprint density at radius 1 is 1.56 bits per heavy atom. The zero-order valence-corrected chi connectivity index (χ0v) is 11.6. The van der Waals surface area contributed by atoms with Crippen molar-refractivity contribution in [3.8, 4) is 17.5 Å². The van der Waals surface area contributed by atoms with Crippen molar-refractivity contribution in [3.63, 3.8) is 0 Å². The molecule has 1 atom stereocenters. The van der Waals surface area contributed by atoms with E-state index >= 15 is 0 Å². The number of hydrogen-bond acceptors (Lipinski definition) is 5. The first-order chi connectivity index (χ1) is 8.55. The molecule has 0 bridgehead atoms. The summed E-state index contributed by atoms with van der Waals surface area (Å²) in [6.07, 6.45) is 6.35. The van der Waals surface area contributed by atoms with E-state index in [9.17, 15) is 4.79 Å². The van der Waals surface area contributed by atoms with Crippen molar-refractivity contribution in [1.29, 1.82) is 0 Å². The minimum absolute atomic E-state index is 0.137. The minimum atomic E-state index is -0.577. The van der Waals surface area contributed by atoms with Gasteiger partial charge >= 0.3 is 0 Å². The topological polar surface area (TPSA) is 64.1 Å². The molecule has 1 aromatic heterocycles. The Balaban J connectivity index is 2.71. The molecule has 0 aliphatic carbocycles. The van der Waals surface area contributed by atoms with E-state index in [1.165, 1.54) is 11.3 Å². The molecule has 1 aromatic rings. The zero-order valence-electron chi connectivity index (χ0n) is 10.8. The van der Waals surface area contributed by atoms with E-state index in [0.29, 0.717) is 29.8 Å². The van der Waals surface area contributed by atoms with Crippen LogP contribution in [0.4, 0.5) is 5.13 Å². The molecular weight excluding hydrogens is 250 g/mol. The quantitative estimate of drug-likeness (QED) is 0.803. The van der Waals surface area contributed by atoms with Crippen LogP contribution in [0, 0.1) is 17.8 Å². The number of hydrogen-bond donors (Lipinski definition) is 1. The van der Waals surface area contributed by atoms with Crippen LogP contribution in [0.15, 0.2) is 0 Å². The van der Waals surface area contributed by atoms with Crippen molar-refractivity contribution < 1.29 is 9.53 Å². The van der Waals surface area contributed by atoms with Crippen LogP contribution in [-0.4, -0.2) is 22.7 Å². The van der Waals surface area contributed by atoms with Gasteiger partial charge in [0.25, 0.3) is 5.19 Å². The van der Waals surface area contributed by atoms with Crippen LogP contribution in [0.2, 0.25) is 0 Å². The molecule has 1 N–H and O–H groups in total. The number of carbonyl (C=O) groups is 1. The molecule has 5 nitrogen and oxygen atoms in total. The third-order valence-corrected chi connectivity index (χ3v) is 3.47. The van der Waals surface area contributed by atoms with E-state index in [4.69, 9.17) is 11.2 Å². The second-order valence-corrected chi connectivity index (χ2v) is 5.00. The van der Waals surface area contributed by atoms with Crippen molar-refractivity contribution in [2.24, 2.45) is 5.41 Å². The molecule has 0 aliphatic rings. The first-order valence-corrected chi connectivity index (χ1v) is 6.58.